The van der Waals surface area contributed by atoms with E-state index in [2.05, 4.69) is 25.9 Å². The summed E-state index contributed by atoms with van der Waals surface area (Å²) in [6.07, 6.45) is 1.65. The number of aromatic nitrogens is 5. The molecule has 0 aliphatic heterocycles. The van der Waals surface area contributed by atoms with E-state index in [-0.39, 0.29) is 0 Å². The predicted molar refractivity (Wildman–Crippen MR) is 72.1 cm³/mol. The van der Waals surface area contributed by atoms with Crippen molar-refractivity contribution in [2.45, 2.75) is 6.54 Å². The van der Waals surface area contributed by atoms with Gasteiger partial charge in [0.15, 0.2) is 5.82 Å². The Kier molecular flexibility index (Phi) is 2.35. The number of tetrazole rings is 1. The Bertz CT molecular complexity index is 867. The highest BCUT2D eigenvalue weighted by Gasteiger charge is 2.10. The molecule has 7 nitrogen and oxygen atoms in total. The molecule has 3 heterocycles. The topological polar surface area (TPSA) is 81.1 Å². The summed E-state index contributed by atoms with van der Waals surface area (Å²) >= 11 is 0. The Morgan fingerprint density at radius 3 is 2.85 bits per heavy atom. The fraction of sp³-hybridized carbons (Fsp3) is 0.0769. The molecule has 0 aliphatic carbocycles. The molecule has 4 rings (SSSR count). The second-order valence-corrected chi connectivity index (χ2v) is 4.32. The van der Waals surface area contributed by atoms with Crippen LogP contribution in [0.3, 0.4) is 0 Å². The van der Waals surface area contributed by atoms with Crippen molar-refractivity contribution >= 4 is 22.2 Å². The van der Waals surface area contributed by atoms with Crippen LogP contribution < -0.4 is 5.32 Å². The first-order valence-electron chi connectivity index (χ1n) is 6.15. The number of fused-ring (bicyclic) bond motifs is 3. The van der Waals surface area contributed by atoms with Gasteiger partial charge < -0.3 is 9.73 Å². The molecule has 0 fully saturated rings. The molecule has 0 unspecified atom stereocenters. The maximum absolute atomic E-state index is 5.30. The summed E-state index contributed by atoms with van der Waals surface area (Å²) in [5, 5.41) is 21.1. The van der Waals surface area contributed by atoms with Gasteiger partial charge in [0.05, 0.1) is 12.8 Å². The lowest BCUT2D eigenvalue weighted by molar-refractivity contribution is 0.517. The zero-order valence-electron chi connectivity index (χ0n) is 10.4. The van der Waals surface area contributed by atoms with Gasteiger partial charge in [0, 0.05) is 10.8 Å². The molecule has 4 aromatic rings. The molecule has 0 saturated carbocycles. The maximum atomic E-state index is 5.30. The van der Waals surface area contributed by atoms with Gasteiger partial charge >= 0.3 is 0 Å². The van der Waals surface area contributed by atoms with E-state index < -0.39 is 0 Å². The van der Waals surface area contributed by atoms with E-state index in [1.54, 1.807) is 6.26 Å². The lowest BCUT2D eigenvalue weighted by atomic mass is 10.2. The number of furan rings is 1. The average molecular weight is 266 g/mol. The Hall–Kier alpha value is -2.96. The number of nitrogens with zero attached hydrogens (tertiary/aromatic N) is 5. The Labute approximate surface area is 113 Å². The van der Waals surface area contributed by atoms with Gasteiger partial charge in [0.1, 0.15) is 5.76 Å². The second kappa shape index (κ2) is 4.30. The van der Waals surface area contributed by atoms with Crippen LogP contribution in [0.15, 0.2) is 47.1 Å². The quantitative estimate of drug-likeness (QED) is 0.609. The minimum Gasteiger partial charge on any atom is -0.467 e. The first-order chi connectivity index (χ1) is 9.92. The van der Waals surface area contributed by atoms with E-state index in [4.69, 9.17) is 4.42 Å². The SMILES string of the molecule is c1coc(CNc2nn3nnnc3c3ccccc23)c1. The number of nitrogens with one attached hydrogen (secondary N) is 1. The maximum Gasteiger partial charge on any atom is 0.207 e. The highest BCUT2D eigenvalue weighted by atomic mass is 16.3. The van der Waals surface area contributed by atoms with Gasteiger partial charge in [-0.15, -0.1) is 14.8 Å². The van der Waals surface area contributed by atoms with E-state index in [0.29, 0.717) is 12.2 Å². The summed E-state index contributed by atoms with van der Waals surface area (Å²) in [6.45, 7) is 0.553. The third kappa shape index (κ3) is 1.68. The van der Waals surface area contributed by atoms with E-state index in [1.165, 1.54) is 4.63 Å². The Morgan fingerprint density at radius 2 is 2.00 bits per heavy atom. The van der Waals surface area contributed by atoms with Crippen LogP contribution in [0.25, 0.3) is 16.4 Å². The minimum atomic E-state index is 0.553. The van der Waals surface area contributed by atoms with Crippen molar-refractivity contribution < 1.29 is 4.42 Å². The highest BCUT2D eigenvalue weighted by molar-refractivity contribution is 5.99. The number of benzene rings is 1. The van der Waals surface area contributed by atoms with Crippen molar-refractivity contribution in [2.24, 2.45) is 0 Å². The molecule has 1 aromatic carbocycles. The molecule has 0 radical (unpaired) electrons. The zero-order chi connectivity index (χ0) is 13.4. The predicted octanol–water partition coefficient (Wildman–Crippen LogP) is 1.88. The average Bonchev–Trinajstić information content (AvgIpc) is 3.16. The van der Waals surface area contributed by atoms with Gasteiger partial charge in [-0.3, -0.25) is 0 Å². The van der Waals surface area contributed by atoms with Gasteiger partial charge in [-0.1, -0.05) is 24.3 Å². The van der Waals surface area contributed by atoms with Crippen LogP contribution in [0, 0.1) is 0 Å². The standard InChI is InChI=1S/C13H10N6O/c1-2-6-11-10(5-1)12(14-8-9-4-3-7-20-9)16-19-13(11)15-17-18-19/h1-7H,8H2,(H,14,16). The molecule has 0 aliphatic rings. The van der Waals surface area contributed by atoms with Gasteiger partial charge in [0.2, 0.25) is 5.65 Å². The molecule has 3 aromatic heterocycles. The molecule has 20 heavy (non-hydrogen) atoms. The fourth-order valence-electron chi connectivity index (χ4n) is 2.16. The third-order valence-corrected chi connectivity index (χ3v) is 3.08. The monoisotopic (exact) mass is 266 g/mol. The molecule has 0 amide bonds. The van der Waals surface area contributed by atoms with Crippen LogP contribution in [0.1, 0.15) is 5.76 Å². The first-order valence-corrected chi connectivity index (χ1v) is 6.15. The molecule has 1 N–H and O–H groups in total. The fourth-order valence-corrected chi connectivity index (χ4v) is 2.16. The van der Waals surface area contributed by atoms with Crippen LogP contribution in [-0.2, 0) is 6.54 Å². The van der Waals surface area contributed by atoms with Crippen LogP contribution in [0.5, 0.6) is 0 Å². The molecule has 0 bridgehead atoms. The van der Waals surface area contributed by atoms with Gasteiger partial charge in [0.25, 0.3) is 0 Å². The van der Waals surface area contributed by atoms with E-state index in [9.17, 15) is 0 Å². The van der Waals surface area contributed by atoms with Crippen LogP contribution in [0.2, 0.25) is 0 Å². The molecular weight excluding hydrogens is 256 g/mol. The molecule has 0 saturated heterocycles. The molecule has 98 valence electrons. The molecule has 7 heteroatoms. The van der Waals surface area contributed by atoms with Gasteiger partial charge in [-0.2, -0.15) is 0 Å². The van der Waals surface area contributed by atoms with E-state index in [0.717, 1.165) is 22.4 Å². The Balaban J connectivity index is 1.83. The van der Waals surface area contributed by atoms with Crippen molar-refractivity contribution in [1.29, 1.82) is 0 Å². The summed E-state index contributed by atoms with van der Waals surface area (Å²) in [4.78, 5) is 0. The summed E-state index contributed by atoms with van der Waals surface area (Å²) < 4.78 is 6.73. The van der Waals surface area contributed by atoms with Gasteiger partial charge in [-0.05, 0) is 22.6 Å². The molecule has 0 atom stereocenters. The first kappa shape index (κ1) is 10.9. The number of hydrogen-bond acceptors (Lipinski definition) is 6. The molecule has 0 spiro atoms. The second-order valence-electron chi connectivity index (χ2n) is 4.32. The largest absolute Gasteiger partial charge is 0.467 e. The lowest BCUT2D eigenvalue weighted by Gasteiger charge is -2.07. The number of rotatable bonds is 3. The summed E-state index contributed by atoms with van der Waals surface area (Å²) in [6, 6.07) is 11.6. The van der Waals surface area contributed by atoms with E-state index in [1.807, 2.05) is 36.4 Å². The van der Waals surface area contributed by atoms with Crippen molar-refractivity contribution in [3.63, 3.8) is 0 Å². The molecular formula is C13H10N6O. The van der Waals surface area contributed by atoms with Crippen molar-refractivity contribution in [3.8, 4) is 0 Å². The van der Waals surface area contributed by atoms with Crippen LogP contribution in [-0.4, -0.2) is 25.3 Å². The van der Waals surface area contributed by atoms with E-state index >= 15 is 0 Å². The lowest BCUT2D eigenvalue weighted by Crippen LogP contribution is -2.05. The van der Waals surface area contributed by atoms with Crippen molar-refractivity contribution in [3.05, 3.63) is 48.4 Å². The van der Waals surface area contributed by atoms with Crippen molar-refractivity contribution in [1.82, 2.24) is 25.3 Å². The van der Waals surface area contributed by atoms with Gasteiger partial charge in [-0.25, -0.2) is 0 Å². The summed E-state index contributed by atoms with van der Waals surface area (Å²) in [5.74, 6) is 1.56. The highest BCUT2D eigenvalue weighted by Crippen LogP contribution is 2.23. The van der Waals surface area contributed by atoms with Crippen LogP contribution in [0.4, 0.5) is 5.82 Å². The van der Waals surface area contributed by atoms with Crippen molar-refractivity contribution in [2.75, 3.05) is 5.32 Å². The number of hydrogen-bond donors (Lipinski definition) is 1. The normalized spacial score (nSPS) is 11.2. The summed E-state index contributed by atoms with van der Waals surface area (Å²) in [7, 11) is 0. The number of anilines is 1. The minimum absolute atomic E-state index is 0.553. The zero-order valence-corrected chi connectivity index (χ0v) is 10.4. The third-order valence-electron chi connectivity index (χ3n) is 3.08. The van der Waals surface area contributed by atoms with Crippen LogP contribution >= 0.6 is 0 Å². The Morgan fingerprint density at radius 1 is 1.10 bits per heavy atom. The smallest absolute Gasteiger partial charge is 0.207 e. The summed E-state index contributed by atoms with van der Waals surface area (Å²) in [5.41, 5.74) is 0.643.